The molecule has 6 heteroatoms. The van der Waals surface area contributed by atoms with Crippen molar-refractivity contribution in [2.24, 2.45) is 0 Å². The lowest BCUT2D eigenvalue weighted by Gasteiger charge is -2.15. The first-order chi connectivity index (χ1) is 8.11. The molecule has 0 aliphatic heterocycles. The largest absolute Gasteiger partial charge is 0.489 e. The maximum atomic E-state index is 11.2. The van der Waals surface area contributed by atoms with Crippen LogP contribution in [0.5, 0.6) is 5.75 Å². The first-order valence-corrected chi connectivity index (χ1v) is 6.24. The molecule has 0 radical (unpaired) electrons. The number of halogens is 2. The molecule has 1 atom stereocenters. The highest BCUT2D eigenvalue weighted by molar-refractivity contribution is 9.10. The molecule has 1 rings (SSSR count). The van der Waals surface area contributed by atoms with Crippen LogP contribution in [0.2, 0.25) is 0 Å². The fourth-order valence-corrected chi connectivity index (χ4v) is 1.67. The third kappa shape index (κ3) is 6.83. The lowest BCUT2D eigenvalue weighted by atomic mass is 10.3. The van der Waals surface area contributed by atoms with Gasteiger partial charge in [0.15, 0.2) is 0 Å². The Morgan fingerprint density at radius 2 is 2.22 bits per heavy atom. The van der Waals surface area contributed by atoms with E-state index in [0.717, 1.165) is 10.2 Å². The summed E-state index contributed by atoms with van der Waals surface area (Å²) in [5.74, 6) is 0.756. The fourth-order valence-electron chi connectivity index (χ4n) is 1.29. The van der Waals surface area contributed by atoms with Crippen molar-refractivity contribution in [3.05, 3.63) is 28.7 Å². The van der Waals surface area contributed by atoms with Crippen LogP contribution >= 0.6 is 28.3 Å². The van der Waals surface area contributed by atoms with Crippen molar-refractivity contribution < 1.29 is 9.53 Å². The Hall–Kier alpha value is -0.780. The Morgan fingerprint density at radius 3 is 2.83 bits per heavy atom. The van der Waals surface area contributed by atoms with E-state index in [1.165, 1.54) is 0 Å². The van der Waals surface area contributed by atoms with E-state index >= 15 is 0 Å². The van der Waals surface area contributed by atoms with Crippen molar-refractivity contribution >= 4 is 34.2 Å². The van der Waals surface area contributed by atoms with Gasteiger partial charge in [-0.2, -0.15) is 0 Å². The van der Waals surface area contributed by atoms with Gasteiger partial charge >= 0.3 is 0 Å². The number of carbonyl (C=O) groups excluding carboxylic acids is 1. The van der Waals surface area contributed by atoms with Gasteiger partial charge in [-0.1, -0.05) is 22.0 Å². The van der Waals surface area contributed by atoms with E-state index in [-0.39, 0.29) is 24.4 Å². The van der Waals surface area contributed by atoms with E-state index in [9.17, 15) is 4.79 Å². The molecule has 0 bridgehead atoms. The number of hydrogen-bond donors (Lipinski definition) is 2. The molecule has 1 aromatic rings. The third-order valence-electron chi connectivity index (χ3n) is 2.06. The van der Waals surface area contributed by atoms with Gasteiger partial charge in [0.2, 0.25) is 5.91 Å². The van der Waals surface area contributed by atoms with Gasteiger partial charge in [0.25, 0.3) is 0 Å². The van der Waals surface area contributed by atoms with Gasteiger partial charge in [-0.25, -0.2) is 0 Å². The Labute approximate surface area is 122 Å². The average molecular weight is 338 g/mol. The summed E-state index contributed by atoms with van der Waals surface area (Å²) >= 11 is 3.38. The molecular weight excluding hydrogens is 320 g/mol. The minimum absolute atomic E-state index is 0. The summed E-state index contributed by atoms with van der Waals surface area (Å²) in [7, 11) is 1.74. The van der Waals surface area contributed by atoms with Crippen molar-refractivity contribution in [1.29, 1.82) is 0 Å². The van der Waals surface area contributed by atoms with E-state index in [1.807, 2.05) is 31.2 Å². The van der Waals surface area contributed by atoms with E-state index in [0.29, 0.717) is 13.1 Å². The van der Waals surface area contributed by atoms with Gasteiger partial charge in [0.1, 0.15) is 11.9 Å². The summed E-state index contributed by atoms with van der Waals surface area (Å²) in [4.78, 5) is 11.2. The van der Waals surface area contributed by atoms with Crippen LogP contribution in [-0.2, 0) is 4.79 Å². The lowest BCUT2D eigenvalue weighted by Crippen LogP contribution is -2.38. The number of ether oxygens (including phenoxy) is 1. The minimum atomic E-state index is -0.0647. The second-order valence-electron chi connectivity index (χ2n) is 3.72. The normalized spacial score (nSPS) is 11.3. The van der Waals surface area contributed by atoms with Crippen LogP contribution in [0.4, 0.5) is 0 Å². The Morgan fingerprint density at radius 1 is 1.50 bits per heavy atom. The molecule has 0 spiro atoms. The predicted molar refractivity (Wildman–Crippen MR) is 78.4 cm³/mol. The number of rotatable bonds is 6. The van der Waals surface area contributed by atoms with Crippen LogP contribution in [0, 0.1) is 0 Å². The molecule has 0 saturated carbocycles. The zero-order valence-corrected chi connectivity index (χ0v) is 12.8. The standard InChI is InChI=1S/C12H17BrN2O2.ClH/c1-9(7-15-12(16)8-14-2)17-11-5-3-4-10(13)6-11;/h3-6,9,14H,7-8H2,1-2H3,(H,15,16);1H. The quantitative estimate of drug-likeness (QED) is 0.834. The maximum absolute atomic E-state index is 11.2. The van der Waals surface area contributed by atoms with Crippen molar-refractivity contribution in [2.45, 2.75) is 13.0 Å². The van der Waals surface area contributed by atoms with Gasteiger partial charge in [-0.3, -0.25) is 4.79 Å². The second kappa shape index (κ2) is 9.19. The molecule has 1 aromatic carbocycles. The third-order valence-corrected chi connectivity index (χ3v) is 2.55. The number of nitrogens with one attached hydrogen (secondary N) is 2. The summed E-state index contributed by atoms with van der Waals surface area (Å²) in [5.41, 5.74) is 0. The minimum Gasteiger partial charge on any atom is -0.489 e. The van der Waals surface area contributed by atoms with Crippen LogP contribution in [0.3, 0.4) is 0 Å². The first-order valence-electron chi connectivity index (χ1n) is 5.45. The highest BCUT2D eigenvalue weighted by Crippen LogP contribution is 2.18. The number of carbonyl (C=O) groups is 1. The van der Waals surface area contributed by atoms with Crippen LogP contribution in [0.25, 0.3) is 0 Å². The van der Waals surface area contributed by atoms with Crippen LogP contribution < -0.4 is 15.4 Å². The number of hydrogen-bond acceptors (Lipinski definition) is 3. The van der Waals surface area contributed by atoms with Crippen molar-refractivity contribution in [3.8, 4) is 5.75 Å². The van der Waals surface area contributed by atoms with Gasteiger partial charge in [0, 0.05) is 4.47 Å². The van der Waals surface area contributed by atoms with Gasteiger partial charge in [0.05, 0.1) is 13.1 Å². The monoisotopic (exact) mass is 336 g/mol. The molecular formula is C12H18BrClN2O2. The molecule has 4 nitrogen and oxygen atoms in total. The zero-order chi connectivity index (χ0) is 12.7. The number of amides is 1. The van der Waals surface area contributed by atoms with Crippen LogP contribution in [0.1, 0.15) is 6.92 Å². The highest BCUT2D eigenvalue weighted by atomic mass is 79.9. The topological polar surface area (TPSA) is 50.4 Å². The van der Waals surface area contributed by atoms with Crippen molar-refractivity contribution in [2.75, 3.05) is 20.1 Å². The van der Waals surface area contributed by atoms with Gasteiger partial charge in [-0.05, 0) is 32.2 Å². The molecule has 0 aliphatic rings. The molecule has 0 heterocycles. The zero-order valence-electron chi connectivity index (χ0n) is 10.4. The second-order valence-corrected chi connectivity index (χ2v) is 4.64. The molecule has 0 fully saturated rings. The SMILES string of the molecule is CNCC(=O)NCC(C)Oc1cccc(Br)c1.Cl. The van der Waals surface area contributed by atoms with Crippen molar-refractivity contribution in [1.82, 2.24) is 10.6 Å². The van der Waals surface area contributed by atoms with Crippen LogP contribution in [-0.4, -0.2) is 32.1 Å². The number of likely N-dealkylation sites (N-methyl/N-ethyl adjacent to an activating group) is 1. The van der Waals surface area contributed by atoms with E-state index in [2.05, 4.69) is 26.6 Å². The average Bonchev–Trinajstić information content (AvgIpc) is 2.27. The van der Waals surface area contributed by atoms with Gasteiger partial charge < -0.3 is 15.4 Å². The molecule has 0 saturated heterocycles. The van der Waals surface area contributed by atoms with E-state index in [4.69, 9.17) is 4.74 Å². The fraction of sp³-hybridized carbons (Fsp3) is 0.417. The molecule has 18 heavy (non-hydrogen) atoms. The lowest BCUT2D eigenvalue weighted by molar-refractivity contribution is -0.120. The van der Waals surface area contributed by atoms with Gasteiger partial charge in [-0.15, -0.1) is 12.4 Å². The molecule has 1 amide bonds. The van der Waals surface area contributed by atoms with Crippen LogP contribution in [0.15, 0.2) is 28.7 Å². The molecule has 102 valence electrons. The van der Waals surface area contributed by atoms with E-state index in [1.54, 1.807) is 7.05 Å². The Balaban J connectivity index is 0.00000289. The summed E-state index contributed by atoms with van der Waals surface area (Å²) in [6, 6.07) is 7.63. The molecule has 1 unspecified atom stereocenters. The maximum Gasteiger partial charge on any atom is 0.234 e. The summed E-state index contributed by atoms with van der Waals surface area (Å²) in [6.07, 6.45) is -0.0647. The Bertz CT molecular complexity index is 377. The first kappa shape index (κ1) is 17.2. The van der Waals surface area contributed by atoms with Crippen molar-refractivity contribution in [3.63, 3.8) is 0 Å². The Kier molecular flexibility index (Phi) is 8.79. The molecule has 0 aliphatic carbocycles. The molecule has 2 N–H and O–H groups in total. The smallest absolute Gasteiger partial charge is 0.234 e. The summed E-state index contributed by atoms with van der Waals surface area (Å²) in [5, 5.41) is 5.57. The van der Waals surface area contributed by atoms with E-state index < -0.39 is 0 Å². The summed E-state index contributed by atoms with van der Waals surface area (Å²) < 4.78 is 6.63. The summed E-state index contributed by atoms with van der Waals surface area (Å²) in [6.45, 7) is 2.73. The number of benzene rings is 1. The highest BCUT2D eigenvalue weighted by Gasteiger charge is 2.06. The molecule has 0 aromatic heterocycles. The predicted octanol–water partition coefficient (Wildman–Crippen LogP) is 1.97.